The number of fused-ring (bicyclic) bond motifs is 2. The number of hydrogen-bond donors (Lipinski definition) is 2. The highest BCUT2D eigenvalue weighted by molar-refractivity contribution is 7.98. The number of nitrogens with zero attached hydrogens (tertiary/aromatic N) is 3. The molecule has 0 bridgehead atoms. The fraction of sp³-hybridized carbons (Fsp3) is 0.222. The first kappa shape index (κ1) is 21.0. The van der Waals surface area contributed by atoms with Crippen molar-refractivity contribution in [3.8, 4) is 16.9 Å². The Balaban J connectivity index is 1.15. The third-order valence-corrected chi connectivity index (χ3v) is 7.40. The number of benzene rings is 3. The van der Waals surface area contributed by atoms with Crippen LogP contribution in [0.4, 0.5) is 10.5 Å². The lowest BCUT2D eigenvalue weighted by atomic mass is 9.99. The molecule has 1 heterocycles. The molecule has 0 fully saturated rings. The number of carbonyl (C=O) groups is 1. The van der Waals surface area contributed by atoms with Crippen LogP contribution >= 0.6 is 11.9 Å². The lowest BCUT2D eigenvalue weighted by Gasteiger charge is -2.16. The molecule has 0 spiro atoms. The van der Waals surface area contributed by atoms with Gasteiger partial charge in [0.15, 0.2) is 0 Å². The third kappa shape index (κ3) is 4.07. The minimum Gasteiger partial charge on any atom is -0.307 e. The first-order valence-corrected chi connectivity index (χ1v) is 12.5. The molecule has 0 unspecified atom stereocenters. The minimum absolute atomic E-state index is 0.183. The molecule has 7 heteroatoms. The molecule has 0 saturated heterocycles. The predicted octanol–water partition coefficient (Wildman–Crippen LogP) is 5.74. The van der Waals surface area contributed by atoms with E-state index in [0.717, 1.165) is 53.2 Å². The molecular weight excluding hydrogens is 442 g/mol. The Morgan fingerprint density at radius 1 is 0.882 bits per heavy atom. The Kier molecular flexibility index (Phi) is 5.55. The highest BCUT2D eigenvalue weighted by Gasteiger charge is 2.25. The molecule has 34 heavy (non-hydrogen) atoms. The van der Waals surface area contributed by atoms with Crippen molar-refractivity contribution in [2.24, 2.45) is 0 Å². The van der Waals surface area contributed by atoms with E-state index in [1.165, 1.54) is 47.0 Å². The number of anilines is 1. The van der Waals surface area contributed by atoms with Gasteiger partial charge in [0.1, 0.15) is 5.69 Å². The third-order valence-electron chi connectivity index (χ3n) is 6.62. The van der Waals surface area contributed by atoms with Gasteiger partial charge in [0.2, 0.25) is 0 Å². The van der Waals surface area contributed by atoms with Crippen molar-refractivity contribution in [3.05, 3.63) is 89.1 Å². The van der Waals surface area contributed by atoms with Gasteiger partial charge in [-0.05, 0) is 90.9 Å². The molecular formula is C27H25N5OS. The predicted molar refractivity (Wildman–Crippen MR) is 135 cm³/mol. The molecule has 0 atom stereocenters. The average molecular weight is 468 g/mol. The molecule has 2 aliphatic rings. The standard InChI is InChI=1S/C27H25N5OS/c33-27(28-26-23-13-4-9-19(23)15-20-10-5-14-24(20)26)30-34-22-12-6-11-21(16-22)32-17-25(29-31-32)18-7-2-1-3-8-18/h1-3,6-8,11-12,15-17H,4-5,9-10,13-14H2,(H2,28,30,33). The van der Waals surface area contributed by atoms with E-state index in [0.29, 0.717) is 0 Å². The fourth-order valence-electron chi connectivity index (χ4n) is 5.03. The van der Waals surface area contributed by atoms with Crippen molar-refractivity contribution in [1.29, 1.82) is 0 Å². The van der Waals surface area contributed by atoms with Crippen LogP contribution in [0.15, 0.2) is 71.8 Å². The van der Waals surface area contributed by atoms with Crippen molar-refractivity contribution in [2.75, 3.05) is 5.32 Å². The largest absolute Gasteiger partial charge is 0.329 e. The Morgan fingerprint density at radius 3 is 2.41 bits per heavy atom. The summed E-state index contributed by atoms with van der Waals surface area (Å²) in [4.78, 5) is 13.8. The van der Waals surface area contributed by atoms with Crippen LogP contribution < -0.4 is 10.0 Å². The summed E-state index contributed by atoms with van der Waals surface area (Å²) >= 11 is 1.30. The Hall–Kier alpha value is -3.58. The van der Waals surface area contributed by atoms with Crippen molar-refractivity contribution < 1.29 is 4.79 Å². The molecule has 6 nitrogen and oxygen atoms in total. The second kappa shape index (κ2) is 8.99. The summed E-state index contributed by atoms with van der Waals surface area (Å²) < 4.78 is 4.71. The minimum atomic E-state index is -0.183. The maximum absolute atomic E-state index is 12.8. The summed E-state index contributed by atoms with van der Waals surface area (Å²) in [5.74, 6) is 0. The molecule has 1 aromatic heterocycles. The molecule has 3 aromatic carbocycles. The number of aromatic nitrogens is 3. The number of nitrogens with one attached hydrogen (secondary N) is 2. The van der Waals surface area contributed by atoms with Gasteiger partial charge >= 0.3 is 6.03 Å². The first-order valence-electron chi connectivity index (χ1n) is 11.7. The van der Waals surface area contributed by atoms with E-state index in [2.05, 4.69) is 26.4 Å². The van der Waals surface area contributed by atoms with Gasteiger partial charge in [0, 0.05) is 16.1 Å². The normalized spacial score (nSPS) is 14.0. The van der Waals surface area contributed by atoms with E-state index in [-0.39, 0.29) is 6.03 Å². The zero-order valence-corrected chi connectivity index (χ0v) is 19.6. The molecule has 4 aromatic rings. The summed E-state index contributed by atoms with van der Waals surface area (Å²) in [5.41, 5.74) is 9.30. The van der Waals surface area contributed by atoms with Crippen LogP contribution in [0.1, 0.15) is 35.1 Å². The number of rotatable bonds is 5. The molecule has 0 aliphatic heterocycles. The quantitative estimate of drug-likeness (QED) is 0.367. The zero-order valence-electron chi connectivity index (χ0n) is 18.8. The van der Waals surface area contributed by atoms with Gasteiger partial charge in [0.25, 0.3) is 0 Å². The molecule has 170 valence electrons. The second-order valence-corrected chi connectivity index (χ2v) is 9.68. The highest BCUT2D eigenvalue weighted by atomic mass is 32.2. The van der Waals surface area contributed by atoms with Gasteiger partial charge in [-0.25, -0.2) is 9.48 Å². The maximum atomic E-state index is 12.8. The summed E-state index contributed by atoms with van der Waals surface area (Å²) in [6.07, 6.45) is 8.60. The molecule has 2 amide bonds. The van der Waals surface area contributed by atoms with Crippen molar-refractivity contribution in [3.63, 3.8) is 0 Å². The molecule has 0 radical (unpaired) electrons. The van der Waals surface area contributed by atoms with Gasteiger partial charge in [-0.2, -0.15) is 0 Å². The van der Waals surface area contributed by atoms with E-state index in [1.54, 1.807) is 4.68 Å². The van der Waals surface area contributed by atoms with Crippen LogP contribution in [0.25, 0.3) is 16.9 Å². The van der Waals surface area contributed by atoms with Gasteiger partial charge < -0.3 is 5.32 Å². The Bertz CT molecular complexity index is 1330. The summed E-state index contributed by atoms with van der Waals surface area (Å²) in [6.45, 7) is 0. The zero-order chi connectivity index (χ0) is 22.9. The van der Waals surface area contributed by atoms with Crippen LogP contribution in [0.5, 0.6) is 0 Å². The summed E-state index contributed by atoms with van der Waals surface area (Å²) in [6, 6.07) is 20.1. The first-order chi connectivity index (χ1) is 16.7. The van der Waals surface area contributed by atoms with Crippen molar-refractivity contribution in [2.45, 2.75) is 43.4 Å². The maximum Gasteiger partial charge on any atom is 0.329 e. The average Bonchev–Trinajstić information content (AvgIpc) is 3.64. The second-order valence-electron chi connectivity index (χ2n) is 8.80. The van der Waals surface area contributed by atoms with E-state index < -0.39 is 0 Å². The Labute approximate surface area is 202 Å². The van der Waals surface area contributed by atoms with Crippen LogP contribution in [0.3, 0.4) is 0 Å². The van der Waals surface area contributed by atoms with E-state index in [1.807, 2.05) is 60.8 Å². The molecule has 6 rings (SSSR count). The molecule has 0 saturated carbocycles. The lowest BCUT2D eigenvalue weighted by Crippen LogP contribution is -2.24. The number of aryl methyl sites for hydroxylation is 2. The Morgan fingerprint density at radius 2 is 1.65 bits per heavy atom. The smallest absolute Gasteiger partial charge is 0.307 e. The lowest BCUT2D eigenvalue weighted by molar-refractivity contribution is 0.257. The fourth-order valence-corrected chi connectivity index (χ4v) is 5.62. The van der Waals surface area contributed by atoms with E-state index in [4.69, 9.17) is 0 Å². The van der Waals surface area contributed by atoms with Crippen molar-refractivity contribution >= 4 is 23.7 Å². The summed E-state index contributed by atoms with van der Waals surface area (Å²) in [5, 5.41) is 11.8. The number of hydrogen-bond acceptors (Lipinski definition) is 4. The van der Waals surface area contributed by atoms with Gasteiger partial charge in [-0.1, -0.05) is 47.7 Å². The van der Waals surface area contributed by atoms with Crippen LogP contribution in [0, 0.1) is 0 Å². The monoisotopic (exact) mass is 467 g/mol. The number of carbonyl (C=O) groups excluding carboxylic acids is 1. The van der Waals surface area contributed by atoms with Gasteiger partial charge in [-0.15, -0.1) is 5.10 Å². The number of amides is 2. The topological polar surface area (TPSA) is 71.8 Å². The summed E-state index contributed by atoms with van der Waals surface area (Å²) in [7, 11) is 0. The molecule has 2 N–H and O–H groups in total. The SMILES string of the molecule is O=C(NSc1cccc(-n2cc(-c3ccccc3)nn2)c1)Nc1c2c(cc3c1CCC3)CCC2. The van der Waals surface area contributed by atoms with Gasteiger partial charge in [0.05, 0.1) is 11.9 Å². The number of urea groups is 1. The van der Waals surface area contributed by atoms with Gasteiger partial charge in [-0.3, -0.25) is 4.72 Å². The van der Waals surface area contributed by atoms with E-state index >= 15 is 0 Å². The van der Waals surface area contributed by atoms with E-state index in [9.17, 15) is 4.79 Å². The highest BCUT2D eigenvalue weighted by Crippen LogP contribution is 2.38. The van der Waals surface area contributed by atoms with Crippen LogP contribution in [-0.2, 0) is 25.7 Å². The van der Waals surface area contributed by atoms with Crippen molar-refractivity contribution in [1.82, 2.24) is 19.7 Å². The molecule has 2 aliphatic carbocycles. The van der Waals surface area contributed by atoms with Crippen LogP contribution in [0.2, 0.25) is 0 Å². The van der Waals surface area contributed by atoms with Crippen LogP contribution in [-0.4, -0.2) is 21.0 Å².